The molecule has 0 aromatic heterocycles. The number of phosphoric ester groups is 1. The van der Waals surface area contributed by atoms with Crippen LogP contribution in [-0.2, 0) is 18.9 Å². The summed E-state index contributed by atoms with van der Waals surface area (Å²) < 4.78 is 52.9. The first-order chi connectivity index (χ1) is 8.67. The van der Waals surface area contributed by atoms with Crippen LogP contribution in [0, 0.1) is 0 Å². The van der Waals surface area contributed by atoms with Gasteiger partial charge in [0.1, 0.15) is 6.29 Å². The summed E-state index contributed by atoms with van der Waals surface area (Å²) in [5.41, 5.74) is 0.202. The van der Waals surface area contributed by atoms with Gasteiger partial charge in [-0.1, -0.05) is 0 Å². The molecule has 0 aliphatic carbocycles. The molecule has 2 N–H and O–H groups in total. The fourth-order valence-corrected chi connectivity index (χ4v) is 2.56. The van der Waals surface area contributed by atoms with Crippen molar-refractivity contribution < 1.29 is 40.5 Å². The number of hydrogen-bond donors (Lipinski definition) is 2. The molecule has 0 fully saturated rings. The Morgan fingerprint density at radius 1 is 1.32 bits per heavy atom. The van der Waals surface area contributed by atoms with Crippen molar-refractivity contribution in [3.8, 4) is 11.5 Å². The Morgan fingerprint density at radius 3 is 2.42 bits per heavy atom. The van der Waals surface area contributed by atoms with E-state index in [1.54, 1.807) is 0 Å². The minimum atomic E-state index is -5.17. The van der Waals surface area contributed by atoms with Crippen LogP contribution < -0.4 is 9.26 Å². The predicted octanol–water partition coefficient (Wildman–Crippen LogP) is 0.806. The molecule has 106 valence electrons. The standard InChI is InChI=1S/C8H9O9PS/c1-15-8-4-6(5-9)2-3-7(8)16-18(10,11)17-19(12,13)14/h2-5H,1H3,(H,10,11)(H,12,13,14). The van der Waals surface area contributed by atoms with E-state index in [1.807, 2.05) is 0 Å². The van der Waals surface area contributed by atoms with Crippen molar-refractivity contribution in [3.63, 3.8) is 0 Å². The lowest BCUT2D eigenvalue weighted by atomic mass is 10.2. The quantitative estimate of drug-likeness (QED) is 0.444. The number of carbonyl (C=O) groups is 1. The third-order valence-corrected chi connectivity index (χ3v) is 3.66. The maximum atomic E-state index is 11.3. The number of aldehydes is 1. The average molecular weight is 312 g/mol. The van der Waals surface area contributed by atoms with E-state index >= 15 is 0 Å². The lowest BCUT2D eigenvalue weighted by Crippen LogP contribution is -2.05. The summed E-state index contributed by atoms with van der Waals surface area (Å²) in [6.45, 7) is 0. The van der Waals surface area contributed by atoms with E-state index in [9.17, 15) is 17.8 Å². The number of hydrogen-bond acceptors (Lipinski definition) is 7. The largest absolute Gasteiger partial charge is 0.544 e. The van der Waals surface area contributed by atoms with Gasteiger partial charge in [-0.05, 0) is 18.2 Å². The third-order valence-electron chi connectivity index (χ3n) is 1.73. The zero-order chi connectivity index (χ0) is 14.7. The van der Waals surface area contributed by atoms with Crippen molar-refractivity contribution in [2.24, 2.45) is 0 Å². The lowest BCUT2D eigenvalue weighted by molar-refractivity contribution is 0.112. The minimum Gasteiger partial charge on any atom is -0.493 e. The average Bonchev–Trinajstić information content (AvgIpc) is 2.25. The number of methoxy groups -OCH3 is 1. The molecule has 11 heteroatoms. The van der Waals surface area contributed by atoms with Crippen LogP contribution in [0.25, 0.3) is 0 Å². The Kier molecular flexibility index (Phi) is 4.66. The van der Waals surface area contributed by atoms with E-state index in [1.165, 1.54) is 19.2 Å². The Morgan fingerprint density at radius 2 is 1.95 bits per heavy atom. The first kappa shape index (κ1) is 15.6. The second kappa shape index (κ2) is 5.68. The molecule has 1 rings (SSSR count). The highest BCUT2D eigenvalue weighted by Crippen LogP contribution is 2.47. The molecule has 0 aliphatic rings. The molecule has 0 radical (unpaired) electrons. The van der Waals surface area contributed by atoms with Crippen LogP contribution in [0.1, 0.15) is 10.4 Å². The van der Waals surface area contributed by atoms with Crippen molar-refractivity contribution in [1.29, 1.82) is 0 Å². The number of ether oxygens (including phenoxy) is 1. The molecule has 9 nitrogen and oxygen atoms in total. The van der Waals surface area contributed by atoms with E-state index in [0.29, 0.717) is 6.29 Å². The first-order valence-electron chi connectivity index (χ1n) is 4.51. The van der Waals surface area contributed by atoms with Gasteiger partial charge in [-0.15, -0.1) is 3.97 Å². The van der Waals surface area contributed by atoms with Gasteiger partial charge in [-0.25, -0.2) is 4.57 Å². The van der Waals surface area contributed by atoms with Crippen LogP contribution >= 0.6 is 7.82 Å². The second-order valence-corrected chi connectivity index (χ2v) is 5.66. The van der Waals surface area contributed by atoms with Crippen molar-refractivity contribution in [1.82, 2.24) is 0 Å². The van der Waals surface area contributed by atoms with Gasteiger partial charge in [-0.3, -0.25) is 14.2 Å². The highest BCUT2D eigenvalue weighted by molar-refractivity contribution is 7.85. The summed E-state index contributed by atoms with van der Waals surface area (Å²) in [6.07, 6.45) is 0.500. The molecular weight excluding hydrogens is 303 g/mol. The van der Waals surface area contributed by atoms with Crippen molar-refractivity contribution in [2.45, 2.75) is 0 Å². The normalized spacial score (nSPS) is 14.5. The van der Waals surface area contributed by atoms with Crippen molar-refractivity contribution in [3.05, 3.63) is 23.8 Å². The summed E-state index contributed by atoms with van der Waals surface area (Å²) in [5, 5.41) is 0. The molecule has 1 atom stereocenters. The van der Waals surface area contributed by atoms with Gasteiger partial charge in [0, 0.05) is 5.56 Å². The van der Waals surface area contributed by atoms with Crippen LogP contribution in [0.4, 0.5) is 0 Å². The van der Waals surface area contributed by atoms with Gasteiger partial charge in [0.05, 0.1) is 7.11 Å². The maximum Gasteiger partial charge on any atom is 0.544 e. The predicted molar refractivity (Wildman–Crippen MR) is 61.5 cm³/mol. The van der Waals surface area contributed by atoms with E-state index < -0.39 is 18.2 Å². The highest BCUT2D eigenvalue weighted by atomic mass is 32.3. The summed E-state index contributed by atoms with van der Waals surface area (Å²) in [6, 6.07) is 3.52. The molecule has 19 heavy (non-hydrogen) atoms. The molecule has 1 aromatic carbocycles. The van der Waals surface area contributed by atoms with Gasteiger partial charge in [0.2, 0.25) is 0 Å². The summed E-state index contributed by atoms with van der Waals surface area (Å²) in [4.78, 5) is 19.6. The fraction of sp³-hybridized carbons (Fsp3) is 0.125. The Balaban J connectivity index is 3.05. The van der Waals surface area contributed by atoms with Gasteiger partial charge >= 0.3 is 18.2 Å². The first-order valence-corrected chi connectivity index (χ1v) is 7.37. The molecule has 0 bridgehead atoms. The van der Waals surface area contributed by atoms with Crippen molar-refractivity contribution >= 4 is 24.5 Å². The van der Waals surface area contributed by atoms with Crippen LogP contribution in [-0.4, -0.2) is 31.3 Å². The molecule has 1 aromatic rings. The van der Waals surface area contributed by atoms with Crippen LogP contribution in [0.2, 0.25) is 0 Å². The monoisotopic (exact) mass is 312 g/mol. The Hall–Kier alpha value is -1.45. The number of benzene rings is 1. The summed E-state index contributed by atoms with van der Waals surface area (Å²) >= 11 is 0. The molecule has 1 unspecified atom stereocenters. The van der Waals surface area contributed by atoms with Gasteiger partial charge in [0.25, 0.3) is 0 Å². The number of phosphoric acid groups is 1. The van der Waals surface area contributed by atoms with Crippen LogP contribution in [0.5, 0.6) is 11.5 Å². The van der Waals surface area contributed by atoms with Crippen molar-refractivity contribution in [2.75, 3.05) is 7.11 Å². The minimum absolute atomic E-state index is 0.0992. The molecule has 0 spiro atoms. The maximum absolute atomic E-state index is 11.3. The van der Waals surface area contributed by atoms with E-state index in [-0.39, 0.29) is 17.1 Å². The molecule has 0 aliphatic heterocycles. The van der Waals surface area contributed by atoms with Crippen LogP contribution in [0.15, 0.2) is 18.2 Å². The van der Waals surface area contributed by atoms with E-state index in [0.717, 1.165) is 6.07 Å². The lowest BCUT2D eigenvalue weighted by Gasteiger charge is -2.13. The SMILES string of the molecule is COc1cc(C=O)ccc1OP(=O)(O)OS(=O)(=O)O. The molecular formula is C8H9O9PS. The van der Waals surface area contributed by atoms with Crippen LogP contribution in [0.3, 0.4) is 0 Å². The number of carbonyl (C=O) groups excluding carboxylic acids is 1. The Labute approximate surface area is 108 Å². The molecule has 0 heterocycles. The zero-order valence-corrected chi connectivity index (χ0v) is 11.1. The Bertz CT molecular complexity index is 623. The summed E-state index contributed by atoms with van der Waals surface area (Å²) in [7, 11) is -9.08. The van der Waals surface area contributed by atoms with E-state index in [4.69, 9.17) is 14.2 Å². The van der Waals surface area contributed by atoms with Gasteiger partial charge in [-0.2, -0.15) is 8.42 Å². The highest BCUT2D eigenvalue weighted by Gasteiger charge is 2.31. The van der Waals surface area contributed by atoms with Gasteiger partial charge in [0.15, 0.2) is 11.5 Å². The number of rotatable bonds is 6. The zero-order valence-electron chi connectivity index (χ0n) is 9.42. The van der Waals surface area contributed by atoms with E-state index in [2.05, 4.69) is 8.49 Å². The van der Waals surface area contributed by atoms with Gasteiger partial charge < -0.3 is 9.26 Å². The third kappa shape index (κ3) is 4.97. The fourth-order valence-electron chi connectivity index (χ4n) is 1.09. The molecule has 0 saturated heterocycles. The topological polar surface area (TPSA) is 136 Å². The summed E-state index contributed by atoms with van der Waals surface area (Å²) in [5.74, 6) is -0.444. The molecule has 0 saturated carbocycles. The molecule has 0 amide bonds. The second-order valence-electron chi connectivity index (χ2n) is 3.09. The smallest absolute Gasteiger partial charge is 0.493 e.